The molecule has 102 valence electrons. The van der Waals surface area contributed by atoms with Crippen LogP contribution in [0.1, 0.15) is 5.56 Å². The van der Waals surface area contributed by atoms with Crippen LogP contribution >= 0.6 is 35.1 Å². The third-order valence-electron chi connectivity index (χ3n) is 3.15. The Morgan fingerprint density at radius 3 is 2.40 bits per heavy atom. The molecule has 0 amide bonds. The van der Waals surface area contributed by atoms with Crippen molar-refractivity contribution in [1.29, 1.82) is 0 Å². The zero-order valence-electron chi connectivity index (χ0n) is 11.0. The third-order valence-corrected chi connectivity index (χ3v) is 5.44. The maximum absolute atomic E-state index is 5.97. The zero-order valence-corrected chi connectivity index (χ0v) is 13.4. The molecule has 1 heterocycles. The highest BCUT2D eigenvalue weighted by Gasteiger charge is 2.24. The van der Waals surface area contributed by atoms with Gasteiger partial charge in [-0.1, -0.05) is 41.9 Å². The highest BCUT2D eigenvalue weighted by molar-refractivity contribution is 8.11. The molecular weight excluding hydrogens is 306 g/mol. The van der Waals surface area contributed by atoms with E-state index >= 15 is 0 Å². The summed E-state index contributed by atoms with van der Waals surface area (Å²) < 4.78 is 0. The van der Waals surface area contributed by atoms with Crippen molar-refractivity contribution in [1.82, 2.24) is 0 Å². The Hall–Kier alpha value is -1.03. The number of hydrogen-bond donors (Lipinski definition) is 0. The van der Waals surface area contributed by atoms with Crippen LogP contribution in [0, 0.1) is 0 Å². The van der Waals surface area contributed by atoms with Crippen molar-refractivity contribution >= 4 is 45.7 Å². The van der Waals surface area contributed by atoms with Crippen LogP contribution in [0.2, 0.25) is 5.02 Å². The fraction of sp³-hybridized carbons (Fsp3) is 0.125. The standard InChI is InChI=1S/C16H14ClNS2/c1-19-16-15(12-7-9-13(17)10-8-12)20-11-18(16)14-5-3-2-4-6-14/h2-10H,11H2,1H3. The van der Waals surface area contributed by atoms with Crippen molar-refractivity contribution in [2.24, 2.45) is 0 Å². The first-order valence-electron chi connectivity index (χ1n) is 6.29. The quantitative estimate of drug-likeness (QED) is 0.731. The van der Waals surface area contributed by atoms with Gasteiger partial charge in [0.15, 0.2) is 0 Å². The van der Waals surface area contributed by atoms with Crippen LogP contribution in [-0.4, -0.2) is 12.1 Å². The highest BCUT2D eigenvalue weighted by Crippen LogP contribution is 2.45. The van der Waals surface area contributed by atoms with E-state index in [1.165, 1.54) is 21.2 Å². The van der Waals surface area contributed by atoms with E-state index in [4.69, 9.17) is 11.6 Å². The maximum Gasteiger partial charge on any atom is 0.0902 e. The lowest BCUT2D eigenvalue weighted by molar-refractivity contribution is 1.17. The Labute approximate surface area is 133 Å². The summed E-state index contributed by atoms with van der Waals surface area (Å²) in [6.45, 7) is 0. The first-order valence-corrected chi connectivity index (χ1v) is 8.88. The van der Waals surface area contributed by atoms with Gasteiger partial charge in [0.2, 0.25) is 0 Å². The van der Waals surface area contributed by atoms with Gasteiger partial charge in [0.1, 0.15) is 0 Å². The van der Waals surface area contributed by atoms with Gasteiger partial charge in [-0.3, -0.25) is 0 Å². The molecule has 0 N–H and O–H groups in total. The van der Waals surface area contributed by atoms with Gasteiger partial charge >= 0.3 is 0 Å². The molecule has 2 aromatic carbocycles. The maximum atomic E-state index is 5.97. The predicted octanol–water partition coefficient (Wildman–Crippen LogP) is 5.54. The van der Waals surface area contributed by atoms with Crippen molar-refractivity contribution in [3.8, 4) is 0 Å². The largest absolute Gasteiger partial charge is 0.325 e. The normalized spacial score (nSPS) is 15.0. The molecule has 0 bridgehead atoms. The summed E-state index contributed by atoms with van der Waals surface area (Å²) in [4.78, 5) is 3.69. The Morgan fingerprint density at radius 2 is 1.75 bits per heavy atom. The number of anilines is 1. The SMILES string of the molecule is CSC1=C(c2ccc(Cl)cc2)SCN1c1ccccc1. The van der Waals surface area contributed by atoms with Gasteiger partial charge in [0.05, 0.1) is 10.9 Å². The minimum absolute atomic E-state index is 0.781. The summed E-state index contributed by atoms with van der Waals surface area (Å²) in [6.07, 6.45) is 2.13. The lowest BCUT2D eigenvalue weighted by Crippen LogP contribution is -2.15. The second-order valence-corrected chi connectivity index (χ2v) is 6.57. The molecule has 1 aliphatic rings. The van der Waals surface area contributed by atoms with Crippen molar-refractivity contribution in [2.75, 3.05) is 17.0 Å². The fourth-order valence-corrected chi connectivity index (χ4v) is 4.58. The average molecular weight is 320 g/mol. The van der Waals surface area contributed by atoms with Crippen LogP contribution in [0.3, 0.4) is 0 Å². The molecule has 0 atom stereocenters. The summed E-state index contributed by atoms with van der Waals surface area (Å²) in [6, 6.07) is 18.6. The molecule has 0 spiro atoms. The molecule has 3 rings (SSSR count). The second-order valence-electron chi connectivity index (χ2n) is 4.38. The van der Waals surface area contributed by atoms with Gasteiger partial charge in [-0.05, 0) is 36.1 Å². The molecule has 1 aliphatic heterocycles. The molecular formula is C16H14ClNS2. The molecule has 0 saturated carbocycles. The van der Waals surface area contributed by atoms with Crippen LogP contribution in [-0.2, 0) is 0 Å². The van der Waals surface area contributed by atoms with Crippen molar-refractivity contribution in [2.45, 2.75) is 0 Å². The number of benzene rings is 2. The van der Waals surface area contributed by atoms with Crippen LogP contribution in [0.25, 0.3) is 4.91 Å². The first-order chi connectivity index (χ1) is 9.79. The Kier molecular flexibility index (Phi) is 4.29. The van der Waals surface area contributed by atoms with Gasteiger partial charge in [-0.25, -0.2) is 0 Å². The number of para-hydroxylation sites is 1. The van der Waals surface area contributed by atoms with Gasteiger partial charge < -0.3 is 4.90 Å². The number of hydrogen-bond acceptors (Lipinski definition) is 3. The molecule has 0 saturated heterocycles. The van der Waals surface area contributed by atoms with Crippen molar-refractivity contribution in [3.05, 3.63) is 70.2 Å². The highest BCUT2D eigenvalue weighted by atomic mass is 35.5. The van der Waals surface area contributed by atoms with E-state index in [9.17, 15) is 0 Å². The monoisotopic (exact) mass is 319 g/mol. The van der Waals surface area contributed by atoms with Crippen LogP contribution in [0.15, 0.2) is 59.6 Å². The molecule has 0 unspecified atom stereocenters. The number of halogens is 1. The van der Waals surface area contributed by atoms with Gasteiger partial charge in [0, 0.05) is 15.6 Å². The number of rotatable bonds is 3. The van der Waals surface area contributed by atoms with Gasteiger partial charge in [-0.15, -0.1) is 23.5 Å². The first kappa shape index (κ1) is 13.9. The van der Waals surface area contributed by atoms with E-state index < -0.39 is 0 Å². The molecule has 20 heavy (non-hydrogen) atoms. The van der Waals surface area contributed by atoms with Crippen molar-refractivity contribution in [3.63, 3.8) is 0 Å². The van der Waals surface area contributed by atoms with Crippen molar-refractivity contribution < 1.29 is 0 Å². The number of thioether (sulfide) groups is 2. The van der Waals surface area contributed by atoms with Gasteiger partial charge in [-0.2, -0.15) is 0 Å². The van der Waals surface area contributed by atoms with E-state index in [-0.39, 0.29) is 0 Å². The smallest absolute Gasteiger partial charge is 0.0902 e. The summed E-state index contributed by atoms with van der Waals surface area (Å²) in [5.41, 5.74) is 2.48. The van der Waals surface area contributed by atoms with Crippen LogP contribution < -0.4 is 4.90 Å². The molecule has 0 aromatic heterocycles. The molecule has 1 nitrogen and oxygen atoms in total. The lowest BCUT2D eigenvalue weighted by atomic mass is 10.2. The summed E-state index contributed by atoms with van der Waals surface area (Å²) in [5, 5.41) is 2.09. The zero-order chi connectivity index (χ0) is 13.9. The summed E-state index contributed by atoms with van der Waals surface area (Å²) >= 11 is 9.65. The molecule has 4 heteroatoms. The van der Waals surface area contributed by atoms with Gasteiger partial charge in [0.25, 0.3) is 0 Å². The minimum atomic E-state index is 0.781. The fourth-order valence-electron chi connectivity index (χ4n) is 2.18. The molecule has 0 fully saturated rings. The average Bonchev–Trinajstić information content (AvgIpc) is 2.93. The Balaban J connectivity index is 1.99. The minimum Gasteiger partial charge on any atom is -0.325 e. The lowest BCUT2D eigenvalue weighted by Gasteiger charge is -2.20. The predicted molar refractivity (Wildman–Crippen MR) is 93.3 cm³/mol. The van der Waals surface area contributed by atoms with E-state index in [1.54, 1.807) is 11.8 Å². The van der Waals surface area contributed by atoms with E-state index in [0.29, 0.717) is 0 Å². The van der Waals surface area contributed by atoms with Crippen LogP contribution in [0.4, 0.5) is 5.69 Å². The topological polar surface area (TPSA) is 3.24 Å². The van der Waals surface area contributed by atoms with Crippen LogP contribution in [0.5, 0.6) is 0 Å². The molecule has 0 aliphatic carbocycles. The molecule has 0 radical (unpaired) electrons. The second kappa shape index (κ2) is 6.17. The Bertz CT molecular complexity index is 623. The Morgan fingerprint density at radius 1 is 1.05 bits per heavy atom. The van der Waals surface area contributed by atoms with E-state index in [2.05, 4.69) is 53.6 Å². The molecule has 2 aromatic rings. The third kappa shape index (κ3) is 2.71. The summed E-state index contributed by atoms with van der Waals surface area (Å²) in [5.74, 6) is 0.956. The van der Waals surface area contributed by atoms with E-state index in [1.807, 2.05) is 23.9 Å². The van der Waals surface area contributed by atoms with E-state index in [0.717, 1.165) is 10.9 Å². The summed E-state index contributed by atoms with van der Waals surface area (Å²) in [7, 11) is 0. The number of nitrogens with zero attached hydrogens (tertiary/aromatic N) is 1.